The number of aliphatic hydroxyl groups excluding tert-OH is 1. The molecule has 94 valence electrons. The van der Waals surface area contributed by atoms with Crippen molar-refractivity contribution in [3.05, 3.63) is 28.8 Å². The zero-order valence-corrected chi connectivity index (χ0v) is 11.0. The van der Waals surface area contributed by atoms with Crippen LogP contribution in [0, 0.1) is 6.92 Å². The molecule has 0 spiro atoms. The number of rotatable bonds is 2. The van der Waals surface area contributed by atoms with Crippen LogP contribution in [-0.4, -0.2) is 37.0 Å². The Bertz CT molecular complexity index is 530. The van der Waals surface area contributed by atoms with Gasteiger partial charge in [-0.2, -0.15) is 4.31 Å². The van der Waals surface area contributed by atoms with Gasteiger partial charge >= 0.3 is 0 Å². The molecule has 1 N–H and O–H groups in total. The Hall–Kier alpha value is -0.620. The molecule has 0 aliphatic carbocycles. The molecule has 1 aromatic carbocycles. The molecule has 1 atom stereocenters. The van der Waals surface area contributed by atoms with E-state index in [9.17, 15) is 13.5 Å². The zero-order chi connectivity index (χ0) is 12.6. The number of sulfonamides is 1. The minimum atomic E-state index is -3.50. The molecule has 1 aromatic rings. The van der Waals surface area contributed by atoms with E-state index < -0.39 is 16.1 Å². The van der Waals surface area contributed by atoms with Gasteiger partial charge in [-0.3, -0.25) is 0 Å². The molecular weight excluding hydrogens is 262 g/mol. The maximum Gasteiger partial charge on any atom is 0.243 e. The molecule has 17 heavy (non-hydrogen) atoms. The fourth-order valence-electron chi connectivity index (χ4n) is 1.97. The summed E-state index contributed by atoms with van der Waals surface area (Å²) in [6, 6.07) is 4.70. The van der Waals surface area contributed by atoms with E-state index in [4.69, 9.17) is 11.6 Å². The number of halogens is 1. The minimum Gasteiger partial charge on any atom is -0.392 e. The van der Waals surface area contributed by atoms with Crippen molar-refractivity contribution in [1.29, 1.82) is 0 Å². The highest BCUT2D eigenvalue weighted by Gasteiger charge is 2.32. The molecular formula is C11H14ClNO3S. The summed E-state index contributed by atoms with van der Waals surface area (Å²) in [7, 11) is -3.50. The summed E-state index contributed by atoms with van der Waals surface area (Å²) in [5.74, 6) is 0. The summed E-state index contributed by atoms with van der Waals surface area (Å²) in [5.41, 5.74) is 0.624. The fourth-order valence-corrected chi connectivity index (χ4v) is 3.90. The molecule has 1 saturated heterocycles. The lowest BCUT2D eigenvalue weighted by Crippen LogP contribution is -2.30. The van der Waals surface area contributed by atoms with Crippen molar-refractivity contribution >= 4 is 21.6 Å². The van der Waals surface area contributed by atoms with Crippen LogP contribution in [-0.2, 0) is 10.0 Å². The Morgan fingerprint density at radius 1 is 1.47 bits per heavy atom. The third-order valence-electron chi connectivity index (χ3n) is 2.88. The van der Waals surface area contributed by atoms with Crippen LogP contribution in [0.3, 0.4) is 0 Å². The van der Waals surface area contributed by atoms with Crippen molar-refractivity contribution in [1.82, 2.24) is 4.31 Å². The van der Waals surface area contributed by atoms with Crippen molar-refractivity contribution in [3.63, 3.8) is 0 Å². The summed E-state index contributed by atoms with van der Waals surface area (Å²) in [5, 5.41) is 9.91. The summed E-state index contributed by atoms with van der Waals surface area (Å²) < 4.78 is 25.9. The van der Waals surface area contributed by atoms with Gasteiger partial charge in [0.05, 0.1) is 11.0 Å². The van der Waals surface area contributed by atoms with E-state index in [0.29, 0.717) is 23.6 Å². The summed E-state index contributed by atoms with van der Waals surface area (Å²) in [6.45, 7) is 2.25. The molecule has 6 heteroatoms. The molecule has 4 nitrogen and oxygen atoms in total. The Morgan fingerprint density at radius 2 is 2.18 bits per heavy atom. The van der Waals surface area contributed by atoms with Crippen molar-refractivity contribution in [2.24, 2.45) is 0 Å². The highest BCUT2D eigenvalue weighted by Crippen LogP contribution is 2.25. The Kier molecular flexibility index (Phi) is 3.45. The molecule has 1 fully saturated rings. The molecule has 0 amide bonds. The van der Waals surface area contributed by atoms with E-state index in [-0.39, 0.29) is 11.4 Å². The van der Waals surface area contributed by atoms with Gasteiger partial charge in [0.2, 0.25) is 10.0 Å². The fraction of sp³-hybridized carbons (Fsp3) is 0.455. The minimum absolute atomic E-state index is 0.171. The van der Waals surface area contributed by atoms with Gasteiger partial charge in [0, 0.05) is 18.1 Å². The standard InChI is InChI=1S/C11H14ClNO3S/c1-8-6-9(12)2-3-11(8)17(15,16)13-5-4-10(14)7-13/h2-3,6,10,14H,4-5,7H2,1H3. The van der Waals surface area contributed by atoms with Gasteiger partial charge in [-0.05, 0) is 37.1 Å². The monoisotopic (exact) mass is 275 g/mol. The van der Waals surface area contributed by atoms with E-state index in [1.54, 1.807) is 19.1 Å². The molecule has 1 unspecified atom stereocenters. The van der Waals surface area contributed by atoms with Crippen molar-refractivity contribution in [3.8, 4) is 0 Å². The number of aryl methyl sites for hydroxylation is 1. The van der Waals surface area contributed by atoms with Crippen molar-refractivity contribution in [2.75, 3.05) is 13.1 Å². The van der Waals surface area contributed by atoms with Gasteiger partial charge < -0.3 is 5.11 Å². The van der Waals surface area contributed by atoms with Gasteiger partial charge in [0.25, 0.3) is 0 Å². The second-order valence-electron chi connectivity index (χ2n) is 4.22. The summed E-state index contributed by atoms with van der Waals surface area (Å²) >= 11 is 5.80. The molecule has 2 rings (SSSR count). The quantitative estimate of drug-likeness (QED) is 0.888. The van der Waals surface area contributed by atoms with Gasteiger partial charge in [-0.1, -0.05) is 11.6 Å². The maximum absolute atomic E-state index is 12.3. The first-order valence-electron chi connectivity index (χ1n) is 5.35. The third-order valence-corrected chi connectivity index (χ3v) is 5.14. The second kappa shape index (κ2) is 4.57. The van der Waals surface area contributed by atoms with E-state index in [2.05, 4.69) is 0 Å². The largest absolute Gasteiger partial charge is 0.392 e. The van der Waals surface area contributed by atoms with Crippen LogP contribution in [0.5, 0.6) is 0 Å². The topological polar surface area (TPSA) is 57.6 Å². The highest BCUT2D eigenvalue weighted by atomic mass is 35.5. The van der Waals surface area contributed by atoms with E-state index >= 15 is 0 Å². The number of benzene rings is 1. The molecule has 0 saturated carbocycles. The smallest absolute Gasteiger partial charge is 0.243 e. The number of hydrogen-bond donors (Lipinski definition) is 1. The van der Waals surface area contributed by atoms with Crippen LogP contribution in [0.15, 0.2) is 23.1 Å². The van der Waals surface area contributed by atoms with Crippen LogP contribution in [0.25, 0.3) is 0 Å². The molecule has 0 radical (unpaired) electrons. The zero-order valence-electron chi connectivity index (χ0n) is 9.43. The Morgan fingerprint density at radius 3 is 2.71 bits per heavy atom. The van der Waals surface area contributed by atoms with Crippen LogP contribution in [0.4, 0.5) is 0 Å². The number of β-amino-alcohol motifs (C(OH)–C–C–N with tert-alkyl or cyclic N) is 1. The van der Waals surface area contributed by atoms with Crippen LogP contribution < -0.4 is 0 Å². The molecule has 1 aliphatic rings. The van der Waals surface area contributed by atoms with Crippen LogP contribution in [0.2, 0.25) is 5.02 Å². The molecule has 1 aliphatic heterocycles. The van der Waals surface area contributed by atoms with Crippen molar-refractivity contribution in [2.45, 2.75) is 24.3 Å². The molecule has 0 bridgehead atoms. The van der Waals surface area contributed by atoms with Gasteiger partial charge in [0.1, 0.15) is 0 Å². The second-order valence-corrected chi connectivity index (χ2v) is 6.56. The van der Waals surface area contributed by atoms with Crippen LogP contribution in [0.1, 0.15) is 12.0 Å². The summed E-state index contributed by atoms with van der Waals surface area (Å²) in [6.07, 6.45) is -0.0660. The molecule has 1 heterocycles. The van der Waals surface area contributed by atoms with Gasteiger partial charge in [-0.15, -0.1) is 0 Å². The van der Waals surface area contributed by atoms with Gasteiger partial charge in [-0.25, -0.2) is 8.42 Å². The summed E-state index contributed by atoms with van der Waals surface area (Å²) in [4.78, 5) is 0.260. The average molecular weight is 276 g/mol. The predicted octanol–water partition coefficient (Wildman–Crippen LogP) is 1.40. The third kappa shape index (κ3) is 2.47. The normalized spacial score (nSPS) is 21.9. The van der Waals surface area contributed by atoms with E-state index in [1.807, 2.05) is 0 Å². The van der Waals surface area contributed by atoms with E-state index in [0.717, 1.165) is 0 Å². The highest BCUT2D eigenvalue weighted by molar-refractivity contribution is 7.89. The lowest BCUT2D eigenvalue weighted by atomic mass is 10.2. The predicted molar refractivity (Wildman–Crippen MR) is 65.6 cm³/mol. The van der Waals surface area contributed by atoms with Crippen molar-refractivity contribution < 1.29 is 13.5 Å². The number of nitrogens with zero attached hydrogens (tertiary/aromatic N) is 1. The first-order chi connectivity index (χ1) is 7.91. The van der Waals surface area contributed by atoms with E-state index in [1.165, 1.54) is 10.4 Å². The lowest BCUT2D eigenvalue weighted by molar-refractivity contribution is 0.189. The van der Waals surface area contributed by atoms with Gasteiger partial charge in [0.15, 0.2) is 0 Å². The van der Waals surface area contributed by atoms with Crippen LogP contribution >= 0.6 is 11.6 Å². The first-order valence-corrected chi connectivity index (χ1v) is 7.17. The lowest BCUT2D eigenvalue weighted by Gasteiger charge is -2.17. The Balaban J connectivity index is 2.38. The Labute approximate surface area is 106 Å². The first kappa shape index (κ1) is 12.8. The maximum atomic E-state index is 12.3. The SMILES string of the molecule is Cc1cc(Cl)ccc1S(=O)(=O)N1CCC(O)C1. The number of hydrogen-bond acceptors (Lipinski definition) is 3. The average Bonchev–Trinajstić information content (AvgIpc) is 2.64. The number of aliphatic hydroxyl groups is 1. The molecule has 0 aromatic heterocycles.